The molecular weight excluding hydrogens is 246 g/mol. The summed E-state index contributed by atoms with van der Waals surface area (Å²) in [5, 5.41) is 0. The van der Waals surface area contributed by atoms with Gasteiger partial charge in [-0.1, -0.05) is 6.92 Å². The van der Waals surface area contributed by atoms with Crippen LogP contribution in [-0.2, 0) is 13.6 Å². The maximum Gasteiger partial charge on any atom is 0.329 e. The summed E-state index contributed by atoms with van der Waals surface area (Å²) >= 11 is 0. The SMILES string of the molecule is CCN1CCN(Cc2c(N)n(C)c(=O)[nH]c2=O)CC1. The van der Waals surface area contributed by atoms with Crippen molar-refractivity contribution in [3.8, 4) is 0 Å². The average Bonchev–Trinajstić information content (AvgIpc) is 2.42. The molecule has 0 saturated carbocycles. The average molecular weight is 267 g/mol. The number of hydrogen-bond donors (Lipinski definition) is 2. The van der Waals surface area contributed by atoms with Crippen LogP contribution >= 0.6 is 0 Å². The van der Waals surface area contributed by atoms with Gasteiger partial charge in [0.05, 0.1) is 5.56 Å². The minimum Gasteiger partial charge on any atom is -0.385 e. The Balaban J connectivity index is 2.15. The number of nitrogen functional groups attached to an aromatic ring is 1. The van der Waals surface area contributed by atoms with Crippen molar-refractivity contribution in [3.05, 3.63) is 26.4 Å². The number of nitrogens with one attached hydrogen (secondary N) is 1. The second kappa shape index (κ2) is 5.58. The summed E-state index contributed by atoms with van der Waals surface area (Å²) in [6.07, 6.45) is 0. The summed E-state index contributed by atoms with van der Waals surface area (Å²) < 4.78 is 1.28. The van der Waals surface area contributed by atoms with Crippen molar-refractivity contribution >= 4 is 5.82 Å². The van der Waals surface area contributed by atoms with Gasteiger partial charge in [0.1, 0.15) is 5.82 Å². The van der Waals surface area contributed by atoms with Gasteiger partial charge >= 0.3 is 5.69 Å². The van der Waals surface area contributed by atoms with Crippen LogP contribution in [0.2, 0.25) is 0 Å². The fourth-order valence-corrected chi connectivity index (χ4v) is 2.32. The van der Waals surface area contributed by atoms with E-state index in [0.29, 0.717) is 12.1 Å². The zero-order valence-corrected chi connectivity index (χ0v) is 11.5. The highest BCUT2D eigenvalue weighted by Gasteiger charge is 2.19. The van der Waals surface area contributed by atoms with Crippen LogP contribution < -0.4 is 17.0 Å². The number of anilines is 1. The summed E-state index contributed by atoms with van der Waals surface area (Å²) in [7, 11) is 1.56. The van der Waals surface area contributed by atoms with E-state index in [4.69, 9.17) is 5.73 Å². The zero-order valence-electron chi connectivity index (χ0n) is 11.5. The van der Waals surface area contributed by atoms with Crippen LogP contribution in [0.5, 0.6) is 0 Å². The molecule has 2 heterocycles. The number of aromatic amines is 1. The lowest BCUT2D eigenvalue weighted by Crippen LogP contribution is -2.46. The molecule has 1 aliphatic heterocycles. The molecule has 0 radical (unpaired) electrons. The largest absolute Gasteiger partial charge is 0.385 e. The van der Waals surface area contributed by atoms with Crippen LogP contribution in [0.4, 0.5) is 5.82 Å². The molecule has 0 aromatic carbocycles. The lowest BCUT2D eigenvalue weighted by molar-refractivity contribution is 0.131. The van der Waals surface area contributed by atoms with Gasteiger partial charge in [0, 0.05) is 39.8 Å². The third kappa shape index (κ3) is 2.87. The summed E-state index contributed by atoms with van der Waals surface area (Å²) in [6.45, 7) is 7.51. The molecule has 0 aliphatic carbocycles. The summed E-state index contributed by atoms with van der Waals surface area (Å²) in [5.41, 5.74) is 5.49. The number of rotatable bonds is 3. The zero-order chi connectivity index (χ0) is 14.0. The van der Waals surface area contributed by atoms with Crippen molar-refractivity contribution in [1.82, 2.24) is 19.4 Å². The van der Waals surface area contributed by atoms with Crippen molar-refractivity contribution in [2.45, 2.75) is 13.5 Å². The van der Waals surface area contributed by atoms with E-state index in [1.54, 1.807) is 7.05 Å². The predicted octanol–water partition coefficient (Wildman–Crippen LogP) is -1.21. The second-order valence-corrected chi connectivity index (χ2v) is 4.89. The van der Waals surface area contributed by atoms with Crippen LogP contribution in [0.3, 0.4) is 0 Å². The molecule has 106 valence electrons. The summed E-state index contributed by atoms with van der Waals surface area (Å²) in [5.74, 6) is 0.256. The lowest BCUT2D eigenvalue weighted by atomic mass is 10.2. The lowest BCUT2D eigenvalue weighted by Gasteiger charge is -2.34. The van der Waals surface area contributed by atoms with Crippen LogP contribution in [-0.4, -0.2) is 52.1 Å². The van der Waals surface area contributed by atoms with Gasteiger partial charge in [0.2, 0.25) is 0 Å². The maximum atomic E-state index is 11.8. The van der Waals surface area contributed by atoms with Crippen molar-refractivity contribution in [3.63, 3.8) is 0 Å². The number of likely N-dealkylation sites (N-methyl/N-ethyl adjacent to an activating group) is 1. The van der Waals surface area contributed by atoms with E-state index in [2.05, 4.69) is 21.7 Å². The van der Waals surface area contributed by atoms with Crippen molar-refractivity contribution < 1.29 is 0 Å². The van der Waals surface area contributed by atoms with Gasteiger partial charge in [-0.05, 0) is 6.54 Å². The molecule has 1 aliphatic rings. The monoisotopic (exact) mass is 267 g/mol. The van der Waals surface area contributed by atoms with Gasteiger partial charge < -0.3 is 10.6 Å². The highest BCUT2D eigenvalue weighted by molar-refractivity contribution is 5.37. The molecule has 0 spiro atoms. The summed E-state index contributed by atoms with van der Waals surface area (Å²) in [6, 6.07) is 0. The molecule has 0 atom stereocenters. The van der Waals surface area contributed by atoms with Crippen LogP contribution in [0.25, 0.3) is 0 Å². The van der Waals surface area contributed by atoms with Gasteiger partial charge in [-0.3, -0.25) is 19.2 Å². The Morgan fingerprint density at radius 3 is 2.32 bits per heavy atom. The molecule has 1 fully saturated rings. The highest BCUT2D eigenvalue weighted by atomic mass is 16.2. The van der Waals surface area contributed by atoms with Gasteiger partial charge in [-0.25, -0.2) is 4.79 Å². The van der Waals surface area contributed by atoms with Crippen molar-refractivity contribution in [2.75, 3.05) is 38.5 Å². The van der Waals surface area contributed by atoms with Gasteiger partial charge in [0.15, 0.2) is 0 Å². The maximum absolute atomic E-state index is 11.8. The van der Waals surface area contributed by atoms with Gasteiger partial charge in [-0.15, -0.1) is 0 Å². The Kier molecular flexibility index (Phi) is 4.06. The molecule has 19 heavy (non-hydrogen) atoms. The highest BCUT2D eigenvalue weighted by Crippen LogP contribution is 2.09. The van der Waals surface area contributed by atoms with Crippen LogP contribution in [0.15, 0.2) is 9.59 Å². The first-order valence-corrected chi connectivity index (χ1v) is 6.55. The van der Waals surface area contributed by atoms with Crippen molar-refractivity contribution in [2.24, 2.45) is 7.05 Å². The standard InChI is InChI=1S/C12H21N5O2/c1-3-16-4-6-17(7-5-16)8-9-10(13)15(2)12(19)14-11(9)18/h3-8,13H2,1-2H3,(H,14,18,19). The Hall–Kier alpha value is -1.60. The number of nitrogens with zero attached hydrogens (tertiary/aromatic N) is 3. The smallest absolute Gasteiger partial charge is 0.329 e. The molecule has 0 amide bonds. The predicted molar refractivity (Wildman–Crippen MR) is 74.1 cm³/mol. The minimum absolute atomic E-state index is 0.256. The molecule has 0 unspecified atom stereocenters. The minimum atomic E-state index is -0.470. The van der Waals surface area contributed by atoms with Gasteiger partial charge in [0.25, 0.3) is 5.56 Å². The molecule has 7 heteroatoms. The second-order valence-electron chi connectivity index (χ2n) is 4.89. The first kappa shape index (κ1) is 13.8. The van der Waals surface area contributed by atoms with Crippen molar-refractivity contribution in [1.29, 1.82) is 0 Å². The molecule has 0 bridgehead atoms. The van der Waals surface area contributed by atoms with E-state index in [1.807, 2.05) is 0 Å². The van der Waals surface area contributed by atoms with E-state index in [1.165, 1.54) is 4.57 Å². The molecule has 2 rings (SSSR count). The number of H-pyrrole nitrogens is 1. The van der Waals surface area contributed by atoms with E-state index in [0.717, 1.165) is 32.7 Å². The normalized spacial score (nSPS) is 17.8. The first-order chi connectivity index (χ1) is 9.02. The number of piperazine rings is 1. The quantitative estimate of drug-likeness (QED) is 0.718. The number of nitrogens with two attached hydrogens (primary N) is 1. The van der Waals surface area contributed by atoms with Crippen LogP contribution in [0, 0.1) is 0 Å². The summed E-state index contributed by atoms with van der Waals surface area (Å²) in [4.78, 5) is 30.1. The fourth-order valence-electron chi connectivity index (χ4n) is 2.32. The van der Waals surface area contributed by atoms with E-state index >= 15 is 0 Å². The van der Waals surface area contributed by atoms with E-state index in [-0.39, 0.29) is 11.4 Å². The van der Waals surface area contributed by atoms with E-state index < -0.39 is 5.69 Å². The molecular formula is C12H21N5O2. The van der Waals surface area contributed by atoms with Gasteiger partial charge in [-0.2, -0.15) is 0 Å². The molecule has 7 nitrogen and oxygen atoms in total. The third-order valence-corrected chi connectivity index (χ3v) is 3.76. The Bertz CT molecular complexity index is 554. The Morgan fingerprint density at radius 1 is 1.16 bits per heavy atom. The number of aromatic nitrogens is 2. The molecule has 1 aromatic heterocycles. The molecule has 1 aromatic rings. The Labute approximate surface area is 111 Å². The topological polar surface area (TPSA) is 87.4 Å². The molecule has 1 saturated heterocycles. The fraction of sp³-hybridized carbons (Fsp3) is 0.667. The Morgan fingerprint density at radius 2 is 1.74 bits per heavy atom. The van der Waals surface area contributed by atoms with Crippen LogP contribution in [0.1, 0.15) is 12.5 Å². The van der Waals surface area contributed by atoms with E-state index in [9.17, 15) is 9.59 Å². The number of hydrogen-bond acceptors (Lipinski definition) is 5. The third-order valence-electron chi connectivity index (χ3n) is 3.76. The first-order valence-electron chi connectivity index (χ1n) is 6.55. The molecule has 3 N–H and O–H groups in total.